The number of hydrogen-bond acceptors (Lipinski definition) is 7. The molecule has 8 nitrogen and oxygen atoms in total. The molecule has 1 aliphatic rings. The summed E-state index contributed by atoms with van der Waals surface area (Å²) in [6, 6.07) is 9.33. The molecule has 3 aromatic rings. The van der Waals surface area contributed by atoms with Crippen molar-refractivity contribution >= 4 is 39.2 Å². The number of benzene rings is 1. The quantitative estimate of drug-likeness (QED) is 0.676. The lowest BCUT2D eigenvalue weighted by Crippen LogP contribution is -2.44. The highest BCUT2D eigenvalue weighted by Gasteiger charge is 2.26. The van der Waals surface area contributed by atoms with E-state index in [0.717, 1.165) is 10.9 Å². The Labute approximate surface area is 178 Å². The number of pyridine rings is 1. The predicted octanol–water partition coefficient (Wildman–Crippen LogP) is 2.41. The normalized spacial score (nSPS) is 17.1. The Balaban J connectivity index is 1.62. The first-order valence-corrected chi connectivity index (χ1v) is 10.5. The van der Waals surface area contributed by atoms with Gasteiger partial charge in [-0.25, -0.2) is 9.97 Å². The van der Waals surface area contributed by atoms with E-state index in [1.165, 1.54) is 11.3 Å². The number of rotatable bonds is 5. The van der Waals surface area contributed by atoms with Crippen LogP contribution in [0.3, 0.4) is 0 Å². The number of aromatic nitrogens is 2. The maximum atomic E-state index is 13.0. The van der Waals surface area contributed by atoms with E-state index < -0.39 is 0 Å². The third-order valence-electron chi connectivity index (χ3n) is 4.97. The lowest BCUT2D eigenvalue weighted by atomic mass is 10.0. The number of nitrogens with zero attached hydrogens (tertiary/aromatic N) is 4. The average Bonchev–Trinajstić information content (AvgIpc) is 3.26. The van der Waals surface area contributed by atoms with Gasteiger partial charge in [0.1, 0.15) is 6.10 Å². The van der Waals surface area contributed by atoms with Crippen molar-refractivity contribution in [2.24, 2.45) is 0 Å². The Kier molecular flexibility index (Phi) is 6.03. The maximum Gasteiger partial charge on any atom is 0.258 e. The number of carbonyl (C=O) groups is 2. The number of ether oxygens (including phenoxy) is 1. The molecule has 2 amide bonds. The topological polar surface area (TPSA) is 87.7 Å². The van der Waals surface area contributed by atoms with Gasteiger partial charge in [-0.1, -0.05) is 18.2 Å². The number of morpholine rings is 1. The highest BCUT2D eigenvalue weighted by Crippen LogP contribution is 2.27. The van der Waals surface area contributed by atoms with E-state index in [-0.39, 0.29) is 17.9 Å². The molecule has 1 aliphatic heterocycles. The van der Waals surface area contributed by atoms with Gasteiger partial charge in [-0.05, 0) is 12.1 Å². The molecule has 0 aliphatic carbocycles. The van der Waals surface area contributed by atoms with Gasteiger partial charge in [0.15, 0.2) is 5.13 Å². The molecule has 9 heteroatoms. The standard InChI is InChI=1S/C21H23N5O3S/c1-25(2)19(27)13-26-8-9-29-18(12-26)17-11-15(14-5-3-4-6-16(14)23-17)20(28)24-21-22-7-10-30-21/h3-7,10-11,18H,8-9,12-13H2,1-2H3,(H,22,24,28). The first kappa shape index (κ1) is 20.4. The van der Waals surface area contributed by atoms with Gasteiger partial charge in [0.2, 0.25) is 5.91 Å². The van der Waals surface area contributed by atoms with Gasteiger partial charge in [0.05, 0.1) is 29.9 Å². The van der Waals surface area contributed by atoms with Crippen LogP contribution in [0.1, 0.15) is 22.2 Å². The zero-order valence-corrected chi connectivity index (χ0v) is 17.7. The molecule has 0 radical (unpaired) electrons. The van der Waals surface area contributed by atoms with Crippen molar-refractivity contribution in [1.82, 2.24) is 19.8 Å². The lowest BCUT2D eigenvalue weighted by molar-refractivity contribution is -0.132. The number of carbonyl (C=O) groups excluding carboxylic acids is 2. The van der Waals surface area contributed by atoms with Crippen molar-refractivity contribution < 1.29 is 14.3 Å². The van der Waals surface area contributed by atoms with Crippen LogP contribution in [-0.4, -0.2) is 71.9 Å². The number of thiazole rings is 1. The fourth-order valence-corrected chi connectivity index (χ4v) is 3.88. The van der Waals surface area contributed by atoms with Crippen LogP contribution in [0.15, 0.2) is 41.9 Å². The van der Waals surface area contributed by atoms with E-state index in [1.807, 2.05) is 29.6 Å². The van der Waals surface area contributed by atoms with Crippen molar-refractivity contribution in [3.8, 4) is 0 Å². The van der Waals surface area contributed by atoms with Gasteiger partial charge >= 0.3 is 0 Å². The minimum absolute atomic E-state index is 0.0469. The van der Waals surface area contributed by atoms with Crippen molar-refractivity contribution in [2.75, 3.05) is 45.7 Å². The summed E-state index contributed by atoms with van der Waals surface area (Å²) in [6.07, 6.45) is 1.33. The Morgan fingerprint density at radius 2 is 2.17 bits per heavy atom. The molecule has 0 bridgehead atoms. The summed E-state index contributed by atoms with van der Waals surface area (Å²) in [4.78, 5) is 37.6. The van der Waals surface area contributed by atoms with Crippen LogP contribution in [-0.2, 0) is 9.53 Å². The first-order valence-electron chi connectivity index (χ1n) is 9.66. The molecule has 1 unspecified atom stereocenters. The van der Waals surface area contributed by atoms with Crippen molar-refractivity contribution in [2.45, 2.75) is 6.10 Å². The van der Waals surface area contributed by atoms with Crippen molar-refractivity contribution in [3.05, 3.63) is 53.2 Å². The summed E-state index contributed by atoms with van der Waals surface area (Å²) in [5.41, 5.74) is 1.93. The zero-order valence-electron chi connectivity index (χ0n) is 16.9. The fraction of sp³-hybridized carbons (Fsp3) is 0.333. The van der Waals surface area contributed by atoms with Crippen LogP contribution in [0.25, 0.3) is 10.9 Å². The third-order valence-corrected chi connectivity index (χ3v) is 5.66. The second kappa shape index (κ2) is 8.86. The summed E-state index contributed by atoms with van der Waals surface area (Å²) >= 11 is 1.37. The Bertz CT molecular complexity index is 1050. The van der Waals surface area contributed by atoms with E-state index in [9.17, 15) is 9.59 Å². The highest BCUT2D eigenvalue weighted by atomic mass is 32.1. The van der Waals surface area contributed by atoms with E-state index in [1.54, 1.807) is 31.3 Å². The number of nitrogens with one attached hydrogen (secondary N) is 1. The first-order chi connectivity index (χ1) is 14.5. The second-order valence-electron chi connectivity index (χ2n) is 7.29. The smallest absolute Gasteiger partial charge is 0.258 e. The molecular formula is C21H23N5O3S. The number of hydrogen-bond donors (Lipinski definition) is 1. The number of para-hydroxylation sites is 1. The SMILES string of the molecule is CN(C)C(=O)CN1CCOC(c2cc(C(=O)Nc3nccs3)c3ccccc3n2)C1. The number of amides is 2. The van der Waals surface area contributed by atoms with Crippen LogP contribution in [0, 0.1) is 0 Å². The van der Waals surface area contributed by atoms with Crippen LogP contribution in [0.4, 0.5) is 5.13 Å². The zero-order chi connectivity index (χ0) is 21.1. The van der Waals surface area contributed by atoms with Gasteiger partial charge in [0, 0.05) is 44.1 Å². The molecule has 1 fully saturated rings. The van der Waals surface area contributed by atoms with Gasteiger partial charge in [0.25, 0.3) is 5.91 Å². The van der Waals surface area contributed by atoms with E-state index >= 15 is 0 Å². The molecule has 30 heavy (non-hydrogen) atoms. The number of anilines is 1. The van der Waals surface area contributed by atoms with E-state index in [2.05, 4.69) is 15.2 Å². The monoisotopic (exact) mass is 425 g/mol. The molecule has 1 atom stereocenters. The lowest BCUT2D eigenvalue weighted by Gasteiger charge is -2.33. The van der Waals surface area contributed by atoms with Crippen LogP contribution >= 0.6 is 11.3 Å². The van der Waals surface area contributed by atoms with Crippen molar-refractivity contribution in [1.29, 1.82) is 0 Å². The third kappa shape index (κ3) is 4.48. The Morgan fingerprint density at radius 3 is 2.93 bits per heavy atom. The Hall–Kier alpha value is -2.88. The van der Waals surface area contributed by atoms with Crippen molar-refractivity contribution in [3.63, 3.8) is 0 Å². The average molecular weight is 426 g/mol. The molecule has 156 valence electrons. The summed E-state index contributed by atoms with van der Waals surface area (Å²) in [5, 5.41) is 5.97. The summed E-state index contributed by atoms with van der Waals surface area (Å²) in [7, 11) is 3.50. The van der Waals surface area contributed by atoms with Crippen LogP contribution < -0.4 is 5.32 Å². The summed E-state index contributed by atoms with van der Waals surface area (Å²) < 4.78 is 5.95. The van der Waals surface area contributed by atoms with Gasteiger partial charge in [-0.2, -0.15) is 0 Å². The molecule has 3 heterocycles. The Morgan fingerprint density at radius 1 is 1.33 bits per heavy atom. The molecule has 2 aromatic heterocycles. The minimum atomic E-state index is -0.315. The maximum absolute atomic E-state index is 13.0. The van der Waals surface area contributed by atoms with Gasteiger partial charge in [-0.15, -0.1) is 11.3 Å². The van der Waals surface area contributed by atoms with Gasteiger partial charge in [-0.3, -0.25) is 19.8 Å². The highest BCUT2D eigenvalue weighted by molar-refractivity contribution is 7.13. The number of fused-ring (bicyclic) bond motifs is 1. The van der Waals surface area contributed by atoms with E-state index in [0.29, 0.717) is 42.6 Å². The predicted molar refractivity (Wildman–Crippen MR) is 116 cm³/mol. The summed E-state index contributed by atoms with van der Waals surface area (Å²) in [5.74, 6) is -0.189. The molecule has 0 spiro atoms. The molecular weight excluding hydrogens is 402 g/mol. The largest absolute Gasteiger partial charge is 0.369 e. The van der Waals surface area contributed by atoms with E-state index in [4.69, 9.17) is 9.72 Å². The molecule has 1 N–H and O–H groups in total. The van der Waals surface area contributed by atoms with Crippen LogP contribution in [0.2, 0.25) is 0 Å². The van der Waals surface area contributed by atoms with Gasteiger partial charge < -0.3 is 9.64 Å². The minimum Gasteiger partial charge on any atom is -0.369 e. The summed E-state index contributed by atoms with van der Waals surface area (Å²) in [6.45, 7) is 2.05. The molecule has 4 rings (SSSR count). The van der Waals surface area contributed by atoms with Crippen LogP contribution in [0.5, 0.6) is 0 Å². The number of likely N-dealkylation sites (N-methyl/N-ethyl adjacent to an activating group) is 1. The molecule has 0 saturated carbocycles. The molecule has 1 saturated heterocycles. The second-order valence-corrected chi connectivity index (χ2v) is 8.18. The molecule has 1 aromatic carbocycles. The fourth-order valence-electron chi connectivity index (χ4n) is 3.36.